The quantitative estimate of drug-likeness (QED) is 0.675. The SMILES string of the molecule is Cc1cc([N+](=O)[O-])c(Cl)cc1NCCn1cccn1. The van der Waals surface area contributed by atoms with Crippen LogP contribution in [0.15, 0.2) is 30.6 Å². The first-order chi connectivity index (χ1) is 9.08. The van der Waals surface area contributed by atoms with Gasteiger partial charge < -0.3 is 5.32 Å². The molecule has 0 saturated carbocycles. The van der Waals surface area contributed by atoms with Crippen molar-refractivity contribution in [2.75, 3.05) is 11.9 Å². The second-order valence-corrected chi connectivity index (χ2v) is 4.48. The van der Waals surface area contributed by atoms with Crippen molar-refractivity contribution < 1.29 is 4.92 Å². The molecule has 0 bridgehead atoms. The number of benzene rings is 1. The predicted octanol–water partition coefficient (Wildman–Crippen LogP) is 2.87. The maximum absolute atomic E-state index is 10.7. The Hall–Kier alpha value is -2.08. The van der Waals surface area contributed by atoms with Gasteiger partial charge in [0.2, 0.25) is 0 Å². The molecule has 6 nitrogen and oxygen atoms in total. The van der Waals surface area contributed by atoms with Gasteiger partial charge in [0, 0.05) is 30.7 Å². The molecular formula is C12H13ClN4O2. The lowest BCUT2D eigenvalue weighted by molar-refractivity contribution is -0.384. The first-order valence-electron chi connectivity index (χ1n) is 5.74. The number of hydrogen-bond donors (Lipinski definition) is 1. The van der Waals surface area contributed by atoms with Crippen LogP contribution in [0.2, 0.25) is 5.02 Å². The fraction of sp³-hybridized carbons (Fsp3) is 0.250. The average Bonchev–Trinajstić information content (AvgIpc) is 2.85. The topological polar surface area (TPSA) is 73.0 Å². The Bertz CT molecular complexity index is 584. The molecule has 2 rings (SSSR count). The predicted molar refractivity (Wildman–Crippen MR) is 73.6 cm³/mol. The summed E-state index contributed by atoms with van der Waals surface area (Å²) in [4.78, 5) is 10.3. The van der Waals surface area contributed by atoms with Crippen molar-refractivity contribution in [3.63, 3.8) is 0 Å². The summed E-state index contributed by atoms with van der Waals surface area (Å²) in [6.45, 7) is 3.18. The molecule has 0 fully saturated rings. The normalized spacial score (nSPS) is 10.4. The third kappa shape index (κ3) is 3.23. The van der Waals surface area contributed by atoms with E-state index in [0.29, 0.717) is 13.1 Å². The van der Waals surface area contributed by atoms with Crippen LogP contribution >= 0.6 is 11.6 Å². The van der Waals surface area contributed by atoms with E-state index in [1.807, 2.05) is 12.3 Å². The number of aryl methyl sites for hydroxylation is 1. The van der Waals surface area contributed by atoms with E-state index in [2.05, 4.69) is 10.4 Å². The summed E-state index contributed by atoms with van der Waals surface area (Å²) in [5.41, 5.74) is 1.51. The van der Waals surface area contributed by atoms with Gasteiger partial charge in [-0.25, -0.2) is 0 Å². The lowest BCUT2D eigenvalue weighted by Crippen LogP contribution is -2.11. The first-order valence-corrected chi connectivity index (χ1v) is 6.11. The van der Waals surface area contributed by atoms with Gasteiger partial charge in [-0.1, -0.05) is 11.6 Å². The Morgan fingerprint density at radius 1 is 1.53 bits per heavy atom. The number of nitro groups is 1. The Kier molecular flexibility index (Phi) is 4.01. The van der Waals surface area contributed by atoms with Crippen LogP contribution < -0.4 is 5.32 Å². The van der Waals surface area contributed by atoms with Crippen molar-refractivity contribution in [3.8, 4) is 0 Å². The Morgan fingerprint density at radius 2 is 2.32 bits per heavy atom. The number of anilines is 1. The number of aromatic nitrogens is 2. The van der Waals surface area contributed by atoms with Gasteiger partial charge in [0.1, 0.15) is 5.02 Å². The number of nitrogens with one attached hydrogen (secondary N) is 1. The van der Waals surface area contributed by atoms with E-state index in [4.69, 9.17) is 11.6 Å². The van der Waals surface area contributed by atoms with E-state index < -0.39 is 4.92 Å². The molecule has 0 atom stereocenters. The minimum atomic E-state index is -0.483. The first kappa shape index (κ1) is 13.4. The van der Waals surface area contributed by atoms with Gasteiger partial charge in [-0.05, 0) is 24.6 Å². The van der Waals surface area contributed by atoms with E-state index in [1.165, 1.54) is 6.07 Å². The van der Waals surface area contributed by atoms with Crippen LogP contribution in [0, 0.1) is 17.0 Å². The summed E-state index contributed by atoms with van der Waals surface area (Å²) < 4.78 is 1.80. The molecule has 0 unspecified atom stereocenters. The van der Waals surface area contributed by atoms with Crippen molar-refractivity contribution in [1.82, 2.24) is 9.78 Å². The molecule has 1 heterocycles. The molecule has 0 amide bonds. The van der Waals surface area contributed by atoms with Gasteiger partial charge in [-0.3, -0.25) is 14.8 Å². The fourth-order valence-corrected chi connectivity index (χ4v) is 1.97. The van der Waals surface area contributed by atoms with Gasteiger partial charge in [0.15, 0.2) is 0 Å². The van der Waals surface area contributed by atoms with Gasteiger partial charge in [-0.2, -0.15) is 5.10 Å². The molecular weight excluding hydrogens is 268 g/mol. The Labute approximate surface area is 115 Å². The van der Waals surface area contributed by atoms with Crippen molar-refractivity contribution >= 4 is 23.0 Å². The van der Waals surface area contributed by atoms with E-state index >= 15 is 0 Å². The van der Waals surface area contributed by atoms with Crippen LogP contribution in [0.3, 0.4) is 0 Å². The summed E-state index contributed by atoms with van der Waals surface area (Å²) >= 11 is 5.88. The number of halogens is 1. The summed E-state index contributed by atoms with van der Waals surface area (Å²) in [5, 5.41) is 18.2. The van der Waals surface area contributed by atoms with Crippen molar-refractivity contribution in [3.05, 3.63) is 51.3 Å². The lowest BCUT2D eigenvalue weighted by Gasteiger charge is -2.10. The highest BCUT2D eigenvalue weighted by Crippen LogP contribution is 2.30. The molecule has 1 aromatic carbocycles. The molecule has 7 heteroatoms. The standard InChI is InChI=1S/C12H13ClN4O2/c1-9-7-12(17(18)19)10(13)8-11(9)14-4-6-16-5-2-3-15-16/h2-3,5,7-8,14H,4,6H2,1H3. The average molecular weight is 281 g/mol. The van der Waals surface area contributed by atoms with E-state index in [9.17, 15) is 10.1 Å². The van der Waals surface area contributed by atoms with E-state index in [1.54, 1.807) is 23.9 Å². The molecule has 2 aromatic rings. The minimum absolute atomic E-state index is 0.0724. The van der Waals surface area contributed by atoms with Crippen LogP contribution in [-0.4, -0.2) is 21.2 Å². The van der Waals surface area contributed by atoms with Crippen LogP contribution in [0.25, 0.3) is 0 Å². The molecule has 1 N–H and O–H groups in total. The molecule has 100 valence electrons. The molecule has 0 aliphatic carbocycles. The zero-order valence-electron chi connectivity index (χ0n) is 10.3. The lowest BCUT2D eigenvalue weighted by atomic mass is 10.2. The molecule has 0 saturated heterocycles. The molecule has 0 spiro atoms. The highest BCUT2D eigenvalue weighted by atomic mass is 35.5. The van der Waals surface area contributed by atoms with Crippen LogP contribution in [0.5, 0.6) is 0 Å². The number of nitrogens with zero attached hydrogens (tertiary/aromatic N) is 3. The second kappa shape index (κ2) is 5.71. The van der Waals surface area contributed by atoms with Gasteiger partial charge in [0.25, 0.3) is 5.69 Å². The zero-order valence-corrected chi connectivity index (χ0v) is 11.1. The van der Waals surface area contributed by atoms with E-state index in [0.717, 1.165) is 11.3 Å². The monoisotopic (exact) mass is 280 g/mol. The van der Waals surface area contributed by atoms with Gasteiger partial charge >= 0.3 is 0 Å². The molecule has 0 aliphatic heterocycles. The van der Waals surface area contributed by atoms with Crippen LogP contribution in [-0.2, 0) is 6.54 Å². The summed E-state index contributed by atoms with van der Waals surface area (Å²) in [7, 11) is 0. The molecule has 19 heavy (non-hydrogen) atoms. The van der Waals surface area contributed by atoms with Crippen molar-refractivity contribution in [2.45, 2.75) is 13.5 Å². The van der Waals surface area contributed by atoms with E-state index in [-0.39, 0.29) is 10.7 Å². The third-order valence-electron chi connectivity index (χ3n) is 2.71. The summed E-state index contributed by atoms with van der Waals surface area (Å²) in [6, 6.07) is 4.91. The fourth-order valence-electron chi connectivity index (χ4n) is 1.73. The molecule has 0 radical (unpaired) electrons. The second-order valence-electron chi connectivity index (χ2n) is 4.07. The Balaban J connectivity index is 2.04. The van der Waals surface area contributed by atoms with Crippen LogP contribution in [0.1, 0.15) is 5.56 Å². The maximum Gasteiger partial charge on any atom is 0.288 e. The third-order valence-corrected chi connectivity index (χ3v) is 3.01. The highest BCUT2D eigenvalue weighted by molar-refractivity contribution is 6.33. The number of hydrogen-bond acceptors (Lipinski definition) is 4. The van der Waals surface area contributed by atoms with Crippen molar-refractivity contribution in [1.29, 1.82) is 0 Å². The van der Waals surface area contributed by atoms with Crippen LogP contribution in [0.4, 0.5) is 11.4 Å². The number of nitro benzene ring substituents is 1. The summed E-state index contributed by atoms with van der Waals surface area (Å²) in [5.74, 6) is 0. The summed E-state index contributed by atoms with van der Waals surface area (Å²) in [6.07, 6.45) is 3.59. The smallest absolute Gasteiger partial charge is 0.288 e. The minimum Gasteiger partial charge on any atom is -0.383 e. The zero-order chi connectivity index (χ0) is 13.8. The van der Waals surface area contributed by atoms with Gasteiger partial charge in [-0.15, -0.1) is 0 Å². The largest absolute Gasteiger partial charge is 0.383 e. The maximum atomic E-state index is 10.7. The molecule has 0 aliphatic rings. The molecule has 1 aromatic heterocycles. The van der Waals surface area contributed by atoms with Gasteiger partial charge in [0.05, 0.1) is 11.5 Å². The van der Waals surface area contributed by atoms with Crippen molar-refractivity contribution in [2.24, 2.45) is 0 Å². The Morgan fingerprint density at radius 3 is 2.95 bits per heavy atom. The highest BCUT2D eigenvalue weighted by Gasteiger charge is 2.14. The number of rotatable bonds is 5.